The normalized spacial score (nSPS) is 23.4. The Kier molecular flexibility index (Phi) is 3.76. The number of aliphatic hydroxyl groups excluding tert-OH is 1. The van der Waals surface area contributed by atoms with Gasteiger partial charge in [-0.15, -0.1) is 0 Å². The Balaban J connectivity index is 2.11. The first-order valence-electron chi connectivity index (χ1n) is 8.17. The number of hydrogen-bond donors (Lipinski definition) is 2. The van der Waals surface area contributed by atoms with Crippen LogP contribution in [0.15, 0.2) is 17.7 Å². The minimum atomic E-state index is -0.963. The van der Waals surface area contributed by atoms with Crippen molar-refractivity contribution >= 4 is 18.2 Å². The molecule has 1 atom stereocenters. The lowest BCUT2D eigenvalue weighted by molar-refractivity contribution is 0.00578. The molecule has 1 aromatic rings. The third-order valence-corrected chi connectivity index (χ3v) is 5.66. The Morgan fingerprint density at radius 3 is 2.22 bits per heavy atom. The minimum Gasteiger partial charge on any atom is -0.399 e. The molecule has 0 saturated carbocycles. The smallest absolute Gasteiger partial charge is 0.399 e. The first-order chi connectivity index (χ1) is 10.5. The molecule has 1 saturated heterocycles. The van der Waals surface area contributed by atoms with E-state index in [2.05, 4.69) is 41.5 Å². The second-order valence-electron chi connectivity index (χ2n) is 7.71. The second kappa shape index (κ2) is 5.18. The van der Waals surface area contributed by atoms with Gasteiger partial charge in [-0.2, -0.15) is 0 Å². The summed E-state index contributed by atoms with van der Waals surface area (Å²) in [6.45, 7) is 12.5. The van der Waals surface area contributed by atoms with Gasteiger partial charge in [0.15, 0.2) is 0 Å². The lowest BCUT2D eigenvalue weighted by Gasteiger charge is -2.32. The lowest BCUT2D eigenvalue weighted by atomic mass is 9.73. The van der Waals surface area contributed by atoms with Gasteiger partial charge in [-0.05, 0) is 75.7 Å². The van der Waals surface area contributed by atoms with E-state index < -0.39 is 13.3 Å². The van der Waals surface area contributed by atoms with Crippen LogP contribution in [-0.2, 0) is 15.7 Å². The molecule has 0 bridgehead atoms. The Labute approximate surface area is 138 Å². The summed E-state index contributed by atoms with van der Waals surface area (Å²) in [7, 11) is -0.404. The molecule has 1 aliphatic heterocycles. The zero-order valence-electron chi connectivity index (χ0n) is 14.9. The van der Waals surface area contributed by atoms with Gasteiger partial charge in [-0.1, -0.05) is 17.7 Å². The number of benzene rings is 1. The molecule has 1 aliphatic carbocycles. The summed E-state index contributed by atoms with van der Waals surface area (Å²) in [5.41, 5.74) is 11.6. The Morgan fingerprint density at radius 2 is 1.70 bits per heavy atom. The quantitative estimate of drug-likeness (QED) is 0.649. The molecular weight excluding hydrogens is 289 g/mol. The Morgan fingerprint density at radius 1 is 1.13 bits per heavy atom. The predicted molar refractivity (Wildman–Crippen MR) is 93.3 cm³/mol. The molecule has 1 fully saturated rings. The molecule has 2 aliphatic rings. The monoisotopic (exact) mass is 315 g/mol. The highest BCUT2D eigenvalue weighted by molar-refractivity contribution is 6.63. The number of fused-ring (bicyclic) bond motifs is 1. The standard InChI is InChI=1S/C18H26BNO3/c1-10-9-13-12(16(20)21)7-8-14(15(13)11(10)2)19-22-17(3,4)18(5,6)23-19/h7-8,16,21H,9,20H2,1-6H3. The second-order valence-corrected chi connectivity index (χ2v) is 7.71. The first kappa shape index (κ1) is 16.7. The Bertz CT molecular complexity index is 676. The van der Waals surface area contributed by atoms with Crippen LogP contribution in [0.1, 0.15) is 64.5 Å². The average Bonchev–Trinajstić information content (AvgIpc) is 2.83. The molecule has 5 heteroatoms. The maximum Gasteiger partial charge on any atom is 0.495 e. The van der Waals surface area contributed by atoms with Crippen LogP contribution in [0.25, 0.3) is 5.57 Å². The van der Waals surface area contributed by atoms with Crippen LogP contribution in [0.4, 0.5) is 0 Å². The fourth-order valence-corrected chi connectivity index (χ4v) is 3.37. The van der Waals surface area contributed by atoms with Gasteiger partial charge in [0.1, 0.15) is 6.23 Å². The molecule has 3 rings (SSSR count). The molecule has 0 radical (unpaired) electrons. The molecule has 1 heterocycles. The third kappa shape index (κ3) is 2.47. The van der Waals surface area contributed by atoms with E-state index in [0.717, 1.165) is 28.6 Å². The zero-order chi connectivity index (χ0) is 17.2. The largest absolute Gasteiger partial charge is 0.495 e. The van der Waals surface area contributed by atoms with E-state index in [1.807, 2.05) is 12.1 Å². The summed E-state index contributed by atoms with van der Waals surface area (Å²) in [4.78, 5) is 0. The fourth-order valence-electron chi connectivity index (χ4n) is 3.37. The molecule has 1 aromatic carbocycles. The summed E-state index contributed by atoms with van der Waals surface area (Å²) < 4.78 is 12.4. The lowest BCUT2D eigenvalue weighted by Crippen LogP contribution is -2.41. The van der Waals surface area contributed by atoms with Crippen molar-refractivity contribution in [1.29, 1.82) is 0 Å². The van der Waals surface area contributed by atoms with E-state index in [4.69, 9.17) is 15.0 Å². The van der Waals surface area contributed by atoms with Gasteiger partial charge in [0.05, 0.1) is 11.2 Å². The van der Waals surface area contributed by atoms with Crippen LogP contribution in [0.5, 0.6) is 0 Å². The highest BCUT2D eigenvalue weighted by Crippen LogP contribution is 2.39. The van der Waals surface area contributed by atoms with Gasteiger partial charge < -0.3 is 20.1 Å². The molecule has 23 heavy (non-hydrogen) atoms. The number of rotatable bonds is 2. The number of allylic oxidation sites excluding steroid dienone is 2. The van der Waals surface area contributed by atoms with E-state index in [0.29, 0.717) is 0 Å². The van der Waals surface area contributed by atoms with Crippen molar-refractivity contribution in [3.63, 3.8) is 0 Å². The van der Waals surface area contributed by atoms with Gasteiger partial charge in [-0.3, -0.25) is 0 Å². The minimum absolute atomic E-state index is 0.373. The van der Waals surface area contributed by atoms with Crippen molar-refractivity contribution in [3.05, 3.63) is 34.4 Å². The van der Waals surface area contributed by atoms with E-state index >= 15 is 0 Å². The summed E-state index contributed by atoms with van der Waals surface area (Å²) in [6.07, 6.45) is -0.146. The van der Waals surface area contributed by atoms with Crippen molar-refractivity contribution in [2.75, 3.05) is 0 Å². The molecule has 0 amide bonds. The van der Waals surface area contributed by atoms with Crippen molar-refractivity contribution < 1.29 is 14.4 Å². The zero-order valence-corrected chi connectivity index (χ0v) is 14.9. The third-order valence-electron chi connectivity index (χ3n) is 5.66. The molecular formula is C18H26BNO3. The van der Waals surface area contributed by atoms with Gasteiger partial charge in [0, 0.05) is 0 Å². The van der Waals surface area contributed by atoms with Gasteiger partial charge in [0.2, 0.25) is 0 Å². The first-order valence-corrected chi connectivity index (χ1v) is 8.17. The topological polar surface area (TPSA) is 64.7 Å². The Hall–Kier alpha value is -1.14. The number of nitrogens with two attached hydrogens (primary N) is 1. The van der Waals surface area contributed by atoms with Crippen molar-refractivity contribution in [2.45, 2.75) is 65.4 Å². The fraction of sp³-hybridized carbons (Fsp3) is 0.556. The van der Waals surface area contributed by atoms with E-state index in [1.54, 1.807) is 0 Å². The maximum atomic E-state index is 9.88. The highest BCUT2D eigenvalue weighted by Gasteiger charge is 2.52. The van der Waals surface area contributed by atoms with E-state index in [-0.39, 0.29) is 11.2 Å². The SMILES string of the molecule is CC1=C(C)c2c(B3OC(C)(C)C(C)(C)O3)ccc(C(N)O)c2C1. The summed E-state index contributed by atoms with van der Waals surface area (Å²) in [5.74, 6) is 0. The maximum absolute atomic E-state index is 9.88. The summed E-state index contributed by atoms with van der Waals surface area (Å²) >= 11 is 0. The van der Waals surface area contributed by atoms with Gasteiger partial charge >= 0.3 is 7.12 Å². The van der Waals surface area contributed by atoms with Crippen molar-refractivity contribution in [2.24, 2.45) is 5.73 Å². The van der Waals surface area contributed by atoms with Crippen LogP contribution < -0.4 is 11.2 Å². The van der Waals surface area contributed by atoms with Crippen molar-refractivity contribution in [3.8, 4) is 0 Å². The summed E-state index contributed by atoms with van der Waals surface area (Å²) in [5, 5.41) is 9.88. The molecule has 0 spiro atoms. The van der Waals surface area contributed by atoms with Crippen LogP contribution in [0, 0.1) is 0 Å². The summed E-state index contributed by atoms with van der Waals surface area (Å²) in [6, 6.07) is 3.88. The molecule has 0 aromatic heterocycles. The van der Waals surface area contributed by atoms with Crippen LogP contribution in [0.2, 0.25) is 0 Å². The molecule has 4 nitrogen and oxygen atoms in total. The molecule has 1 unspecified atom stereocenters. The van der Waals surface area contributed by atoms with Crippen molar-refractivity contribution in [1.82, 2.24) is 0 Å². The molecule has 124 valence electrons. The highest BCUT2D eigenvalue weighted by atomic mass is 16.7. The average molecular weight is 315 g/mol. The van der Waals surface area contributed by atoms with Crippen LogP contribution in [0.3, 0.4) is 0 Å². The van der Waals surface area contributed by atoms with E-state index in [1.165, 1.54) is 11.1 Å². The molecule has 3 N–H and O–H groups in total. The van der Waals surface area contributed by atoms with E-state index in [9.17, 15) is 5.11 Å². The van der Waals surface area contributed by atoms with Crippen LogP contribution in [-0.4, -0.2) is 23.4 Å². The number of aliphatic hydroxyl groups is 1. The number of hydrogen-bond acceptors (Lipinski definition) is 4. The predicted octanol–water partition coefficient (Wildman–Crippen LogP) is 2.28. The van der Waals surface area contributed by atoms with Gasteiger partial charge in [0.25, 0.3) is 0 Å². The van der Waals surface area contributed by atoms with Crippen LogP contribution >= 0.6 is 0 Å². The van der Waals surface area contributed by atoms with Gasteiger partial charge in [-0.25, -0.2) is 0 Å².